The molecule has 0 saturated carbocycles. The Kier molecular flexibility index (Phi) is 3.88. The Morgan fingerprint density at radius 1 is 1.00 bits per heavy atom. The summed E-state index contributed by atoms with van der Waals surface area (Å²) in [6, 6.07) is 12.2. The smallest absolute Gasteiger partial charge is 0.345 e. The topological polar surface area (TPSA) is 56.5 Å². The molecule has 3 aromatic rings. The van der Waals surface area contributed by atoms with Crippen molar-refractivity contribution in [2.75, 3.05) is 0 Å². The summed E-state index contributed by atoms with van der Waals surface area (Å²) in [7, 11) is 0. The SMILES string of the molecule is O=C(Oc1ccc2ccc(=O)oc2c1)c1ccc(Cl)cc1Cl. The second-order valence-electron chi connectivity index (χ2n) is 4.47. The van der Waals surface area contributed by atoms with Gasteiger partial charge in [-0.25, -0.2) is 9.59 Å². The summed E-state index contributed by atoms with van der Waals surface area (Å²) in [4.78, 5) is 23.3. The summed E-state index contributed by atoms with van der Waals surface area (Å²) >= 11 is 11.7. The van der Waals surface area contributed by atoms with E-state index in [4.69, 9.17) is 32.4 Å². The minimum Gasteiger partial charge on any atom is -0.423 e. The highest BCUT2D eigenvalue weighted by molar-refractivity contribution is 6.36. The second-order valence-corrected chi connectivity index (χ2v) is 5.31. The average Bonchev–Trinajstić information content (AvgIpc) is 2.46. The Morgan fingerprint density at radius 2 is 1.77 bits per heavy atom. The molecule has 1 aromatic heterocycles. The van der Waals surface area contributed by atoms with E-state index in [0.717, 1.165) is 5.39 Å². The van der Waals surface area contributed by atoms with Gasteiger partial charge in [0.05, 0.1) is 10.6 Å². The van der Waals surface area contributed by atoms with Crippen LogP contribution in [0.25, 0.3) is 11.0 Å². The predicted octanol–water partition coefficient (Wildman–Crippen LogP) is 4.32. The van der Waals surface area contributed by atoms with Crippen molar-refractivity contribution in [2.24, 2.45) is 0 Å². The molecule has 22 heavy (non-hydrogen) atoms. The van der Waals surface area contributed by atoms with E-state index in [-0.39, 0.29) is 16.3 Å². The number of hydrogen-bond acceptors (Lipinski definition) is 4. The van der Waals surface area contributed by atoms with E-state index in [9.17, 15) is 9.59 Å². The van der Waals surface area contributed by atoms with E-state index in [1.807, 2.05) is 0 Å². The standard InChI is InChI=1S/C16H8Cl2O4/c17-10-3-5-12(13(18)7-10)16(20)21-11-4-1-9-2-6-15(19)22-14(9)8-11/h1-8H. The second kappa shape index (κ2) is 5.83. The van der Waals surface area contributed by atoms with E-state index in [1.54, 1.807) is 24.3 Å². The summed E-state index contributed by atoms with van der Waals surface area (Å²) in [6.45, 7) is 0. The maximum Gasteiger partial charge on any atom is 0.345 e. The van der Waals surface area contributed by atoms with Gasteiger partial charge in [-0.2, -0.15) is 0 Å². The van der Waals surface area contributed by atoms with Crippen LogP contribution in [0, 0.1) is 0 Å². The van der Waals surface area contributed by atoms with Crippen LogP contribution in [0.15, 0.2) is 57.7 Å². The Morgan fingerprint density at radius 3 is 2.55 bits per heavy atom. The minimum absolute atomic E-state index is 0.195. The summed E-state index contributed by atoms with van der Waals surface area (Å²) in [5.74, 6) is -0.378. The van der Waals surface area contributed by atoms with Crippen LogP contribution in [0.5, 0.6) is 5.75 Å². The molecule has 0 atom stereocenters. The van der Waals surface area contributed by atoms with E-state index in [0.29, 0.717) is 10.6 Å². The zero-order valence-corrected chi connectivity index (χ0v) is 12.5. The molecule has 0 aliphatic carbocycles. The predicted molar refractivity (Wildman–Crippen MR) is 83.9 cm³/mol. The summed E-state index contributed by atoms with van der Waals surface area (Å²) < 4.78 is 10.3. The number of benzene rings is 2. The lowest BCUT2D eigenvalue weighted by Gasteiger charge is -2.06. The number of hydrogen-bond donors (Lipinski definition) is 0. The molecule has 3 rings (SSSR count). The molecule has 0 bridgehead atoms. The average molecular weight is 335 g/mol. The molecule has 0 amide bonds. The first-order chi connectivity index (χ1) is 10.5. The fraction of sp³-hybridized carbons (Fsp3) is 0. The van der Waals surface area contributed by atoms with Gasteiger partial charge in [-0.05, 0) is 36.4 Å². The first-order valence-corrected chi connectivity index (χ1v) is 7.00. The van der Waals surface area contributed by atoms with Crippen molar-refractivity contribution in [1.29, 1.82) is 0 Å². The van der Waals surface area contributed by atoms with Gasteiger partial charge in [0, 0.05) is 22.5 Å². The molecule has 0 N–H and O–H groups in total. The van der Waals surface area contributed by atoms with Gasteiger partial charge in [-0.1, -0.05) is 23.2 Å². The zero-order valence-electron chi connectivity index (χ0n) is 11.0. The van der Waals surface area contributed by atoms with Crippen LogP contribution in [-0.4, -0.2) is 5.97 Å². The van der Waals surface area contributed by atoms with Crippen LogP contribution >= 0.6 is 23.2 Å². The number of rotatable bonds is 2. The van der Waals surface area contributed by atoms with Crippen LogP contribution in [0.4, 0.5) is 0 Å². The molecule has 0 spiro atoms. The molecule has 0 unspecified atom stereocenters. The monoisotopic (exact) mass is 334 g/mol. The molecule has 0 radical (unpaired) electrons. The van der Waals surface area contributed by atoms with Crippen molar-refractivity contribution in [3.8, 4) is 5.75 Å². The lowest BCUT2D eigenvalue weighted by Crippen LogP contribution is -2.09. The highest BCUT2D eigenvalue weighted by Crippen LogP contribution is 2.24. The summed E-state index contributed by atoms with van der Waals surface area (Å²) in [5, 5.41) is 1.35. The Hall–Kier alpha value is -2.30. The molecule has 2 aromatic carbocycles. The van der Waals surface area contributed by atoms with Crippen LogP contribution in [0.1, 0.15) is 10.4 Å². The van der Waals surface area contributed by atoms with E-state index in [1.165, 1.54) is 24.3 Å². The van der Waals surface area contributed by atoms with Gasteiger partial charge in [0.25, 0.3) is 0 Å². The molecule has 6 heteroatoms. The molecular formula is C16H8Cl2O4. The Bertz CT molecular complexity index is 931. The molecule has 110 valence electrons. The van der Waals surface area contributed by atoms with Crippen LogP contribution in [0.3, 0.4) is 0 Å². The Balaban J connectivity index is 1.92. The fourth-order valence-corrected chi connectivity index (χ4v) is 2.41. The maximum absolute atomic E-state index is 12.1. The minimum atomic E-state index is -0.626. The number of halogens is 2. The van der Waals surface area contributed by atoms with Gasteiger partial charge in [0.2, 0.25) is 0 Å². The van der Waals surface area contributed by atoms with E-state index >= 15 is 0 Å². The largest absolute Gasteiger partial charge is 0.423 e. The van der Waals surface area contributed by atoms with Gasteiger partial charge in [-0.15, -0.1) is 0 Å². The van der Waals surface area contributed by atoms with Crippen molar-refractivity contribution in [2.45, 2.75) is 0 Å². The number of esters is 1. The molecule has 0 saturated heterocycles. The first-order valence-electron chi connectivity index (χ1n) is 6.24. The summed E-state index contributed by atoms with van der Waals surface area (Å²) in [6.07, 6.45) is 0. The molecule has 0 fully saturated rings. The maximum atomic E-state index is 12.1. The van der Waals surface area contributed by atoms with E-state index in [2.05, 4.69) is 0 Å². The number of fused-ring (bicyclic) bond motifs is 1. The Labute approximate surface area is 134 Å². The van der Waals surface area contributed by atoms with Gasteiger partial charge >= 0.3 is 11.6 Å². The van der Waals surface area contributed by atoms with Gasteiger partial charge in [0.15, 0.2) is 0 Å². The fourth-order valence-electron chi connectivity index (χ4n) is 1.92. The molecule has 0 aliphatic heterocycles. The van der Waals surface area contributed by atoms with E-state index < -0.39 is 11.6 Å². The van der Waals surface area contributed by atoms with Gasteiger partial charge in [0.1, 0.15) is 11.3 Å². The lowest BCUT2D eigenvalue weighted by atomic mass is 10.2. The van der Waals surface area contributed by atoms with Crippen molar-refractivity contribution in [1.82, 2.24) is 0 Å². The molecule has 1 heterocycles. The van der Waals surface area contributed by atoms with Crippen molar-refractivity contribution >= 4 is 40.1 Å². The third kappa shape index (κ3) is 2.98. The summed E-state index contributed by atoms with van der Waals surface area (Å²) in [5.41, 5.74) is 0.0532. The third-order valence-corrected chi connectivity index (χ3v) is 3.50. The zero-order chi connectivity index (χ0) is 15.7. The molecule has 4 nitrogen and oxygen atoms in total. The van der Waals surface area contributed by atoms with Crippen molar-refractivity contribution in [3.05, 3.63) is 74.6 Å². The van der Waals surface area contributed by atoms with Crippen molar-refractivity contribution < 1.29 is 13.9 Å². The molecule has 0 aliphatic rings. The first kappa shape index (κ1) is 14.6. The van der Waals surface area contributed by atoms with Crippen LogP contribution in [-0.2, 0) is 0 Å². The molecular weight excluding hydrogens is 327 g/mol. The number of ether oxygens (including phenoxy) is 1. The highest BCUT2D eigenvalue weighted by Gasteiger charge is 2.13. The van der Waals surface area contributed by atoms with Crippen LogP contribution < -0.4 is 10.4 Å². The van der Waals surface area contributed by atoms with Crippen LogP contribution in [0.2, 0.25) is 10.0 Å². The number of carbonyl (C=O) groups excluding carboxylic acids is 1. The quantitative estimate of drug-likeness (QED) is 0.398. The van der Waals surface area contributed by atoms with Gasteiger partial charge in [-0.3, -0.25) is 0 Å². The van der Waals surface area contributed by atoms with Gasteiger partial charge < -0.3 is 9.15 Å². The van der Waals surface area contributed by atoms with Crippen molar-refractivity contribution in [3.63, 3.8) is 0 Å². The normalized spacial score (nSPS) is 10.6. The lowest BCUT2D eigenvalue weighted by molar-refractivity contribution is 0.0735. The highest BCUT2D eigenvalue weighted by atomic mass is 35.5. The number of carbonyl (C=O) groups is 1. The third-order valence-electron chi connectivity index (χ3n) is 2.96.